The molecule has 0 aliphatic rings. The Bertz CT molecular complexity index is 336. The van der Waals surface area contributed by atoms with Gasteiger partial charge in [0.05, 0.1) is 6.04 Å². The first-order valence-corrected chi connectivity index (χ1v) is 6.48. The van der Waals surface area contributed by atoms with Crippen molar-refractivity contribution >= 4 is 11.3 Å². The molecule has 0 aromatic carbocycles. The van der Waals surface area contributed by atoms with E-state index >= 15 is 0 Å². The highest BCUT2D eigenvalue weighted by Gasteiger charge is 2.26. The lowest BCUT2D eigenvalue weighted by atomic mass is 10.3. The highest BCUT2D eigenvalue weighted by Crippen LogP contribution is 2.22. The number of aromatic nitrogens is 1. The molecule has 0 spiro atoms. The zero-order chi connectivity index (χ0) is 12.9. The van der Waals surface area contributed by atoms with E-state index in [1.165, 1.54) is 4.88 Å². The van der Waals surface area contributed by atoms with Crippen molar-refractivity contribution in [2.45, 2.75) is 45.3 Å². The molecule has 1 aromatic rings. The van der Waals surface area contributed by atoms with Crippen molar-refractivity contribution in [2.75, 3.05) is 6.54 Å². The molecule has 1 atom stereocenters. The van der Waals surface area contributed by atoms with Crippen LogP contribution in [0.3, 0.4) is 0 Å². The van der Waals surface area contributed by atoms with Crippen molar-refractivity contribution in [3.8, 4) is 0 Å². The van der Waals surface area contributed by atoms with Crippen molar-refractivity contribution in [3.63, 3.8) is 0 Å². The summed E-state index contributed by atoms with van der Waals surface area (Å²) in [6, 6.07) is 0.0218. The van der Waals surface area contributed by atoms with Gasteiger partial charge in [0.15, 0.2) is 0 Å². The molecule has 98 valence electrons. The lowest BCUT2D eigenvalue weighted by Gasteiger charge is -2.11. The van der Waals surface area contributed by atoms with Gasteiger partial charge in [-0.05, 0) is 26.3 Å². The van der Waals surface area contributed by atoms with Gasteiger partial charge in [-0.2, -0.15) is 13.2 Å². The topological polar surface area (TPSA) is 24.9 Å². The SMILES string of the molecule is CCc1cnc(C(C)NCCCC(F)(F)F)s1. The summed E-state index contributed by atoms with van der Waals surface area (Å²) in [6.07, 6.45) is -1.90. The van der Waals surface area contributed by atoms with E-state index in [-0.39, 0.29) is 12.5 Å². The second-order valence-electron chi connectivity index (χ2n) is 3.91. The molecule has 1 heterocycles. The van der Waals surface area contributed by atoms with E-state index in [0.717, 1.165) is 11.4 Å². The fraction of sp³-hybridized carbons (Fsp3) is 0.727. The number of aryl methyl sites for hydroxylation is 1. The maximum Gasteiger partial charge on any atom is 0.389 e. The fourth-order valence-corrected chi connectivity index (χ4v) is 2.26. The van der Waals surface area contributed by atoms with Crippen LogP contribution in [0.5, 0.6) is 0 Å². The van der Waals surface area contributed by atoms with E-state index in [4.69, 9.17) is 0 Å². The predicted octanol–water partition coefficient (Wildman–Crippen LogP) is 3.70. The molecule has 0 saturated heterocycles. The lowest BCUT2D eigenvalue weighted by molar-refractivity contribution is -0.135. The van der Waals surface area contributed by atoms with E-state index in [1.807, 2.05) is 13.1 Å². The summed E-state index contributed by atoms with van der Waals surface area (Å²) in [5, 5.41) is 4.00. The Balaban J connectivity index is 2.27. The first kappa shape index (κ1) is 14.4. The van der Waals surface area contributed by atoms with Gasteiger partial charge in [-0.3, -0.25) is 0 Å². The summed E-state index contributed by atoms with van der Waals surface area (Å²) >= 11 is 1.61. The largest absolute Gasteiger partial charge is 0.389 e. The standard InChI is InChI=1S/C11H17F3N2S/c1-3-9-7-16-10(17-9)8(2)15-6-4-5-11(12,13)14/h7-8,15H,3-6H2,1-2H3. The summed E-state index contributed by atoms with van der Waals surface area (Å²) in [6.45, 7) is 4.34. The van der Waals surface area contributed by atoms with Crippen LogP contribution in [0.4, 0.5) is 13.2 Å². The fourth-order valence-electron chi connectivity index (χ4n) is 1.38. The maximum atomic E-state index is 11.9. The average Bonchev–Trinajstić information content (AvgIpc) is 2.71. The van der Waals surface area contributed by atoms with Crippen LogP contribution in [-0.2, 0) is 6.42 Å². The Labute approximate surface area is 103 Å². The molecule has 17 heavy (non-hydrogen) atoms. The van der Waals surface area contributed by atoms with Gasteiger partial charge in [-0.15, -0.1) is 11.3 Å². The third-order valence-electron chi connectivity index (χ3n) is 2.38. The van der Waals surface area contributed by atoms with E-state index in [9.17, 15) is 13.2 Å². The zero-order valence-corrected chi connectivity index (χ0v) is 10.8. The van der Waals surface area contributed by atoms with E-state index in [2.05, 4.69) is 17.2 Å². The van der Waals surface area contributed by atoms with Crippen molar-refractivity contribution in [1.82, 2.24) is 10.3 Å². The molecule has 0 aliphatic carbocycles. The first-order chi connectivity index (χ1) is 7.92. The third-order valence-corrected chi connectivity index (χ3v) is 3.70. The van der Waals surface area contributed by atoms with Crippen LogP contribution >= 0.6 is 11.3 Å². The Morgan fingerprint density at radius 2 is 2.18 bits per heavy atom. The number of nitrogens with zero attached hydrogens (tertiary/aromatic N) is 1. The Morgan fingerprint density at radius 3 is 2.71 bits per heavy atom. The molecule has 0 radical (unpaired) electrons. The van der Waals surface area contributed by atoms with E-state index < -0.39 is 12.6 Å². The smallest absolute Gasteiger partial charge is 0.308 e. The van der Waals surface area contributed by atoms with Gasteiger partial charge in [0.2, 0.25) is 0 Å². The molecule has 0 saturated carbocycles. The monoisotopic (exact) mass is 266 g/mol. The normalized spacial score (nSPS) is 13.9. The van der Waals surface area contributed by atoms with Crippen molar-refractivity contribution in [3.05, 3.63) is 16.1 Å². The molecule has 0 aliphatic heterocycles. The van der Waals surface area contributed by atoms with Crippen LogP contribution in [-0.4, -0.2) is 17.7 Å². The second kappa shape index (κ2) is 6.35. The number of halogens is 3. The summed E-state index contributed by atoms with van der Waals surface area (Å²) in [7, 11) is 0. The number of thiazole rings is 1. The second-order valence-corrected chi connectivity index (χ2v) is 5.06. The molecule has 2 nitrogen and oxygen atoms in total. The summed E-state index contributed by atoms with van der Waals surface area (Å²) in [5.74, 6) is 0. The Morgan fingerprint density at radius 1 is 1.47 bits per heavy atom. The van der Waals surface area contributed by atoms with Gasteiger partial charge in [-0.25, -0.2) is 4.98 Å². The molecule has 0 bridgehead atoms. The summed E-state index contributed by atoms with van der Waals surface area (Å²) in [4.78, 5) is 5.45. The quantitative estimate of drug-likeness (QED) is 0.794. The Hall–Kier alpha value is -0.620. The van der Waals surface area contributed by atoms with Crippen LogP contribution in [0.25, 0.3) is 0 Å². The maximum absolute atomic E-state index is 11.9. The van der Waals surface area contributed by atoms with Crippen LogP contribution in [0.1, 0.15) is 42.6 Å². The minimum atomic E-state index is -4.05. The van der Waals surface area contributed by atoms with Crippen molar-refractivity contribution < 1.29 is 13.2 Å². The van der Waals surface area contributed by atoms with Crippen LogP contribution in [0.2, 0.25) is 0 Å². The molecular formula is C11H17F3N2S. The molecule has 0 amide bonds. The van der Waals surface area contributed by atoms with Gasteiger partial charge >= 0.3 is 6.18 Å². The molecule has 1 N–H and O–H groups in total. The number of rotatable bonds is 6. The number of hydrogen-bond acceptors (Lipinski definition) is 3. The van der Waals surface area contributed by atoms with Crippen LogP contribution < -0.4 is 5.32 Å². The summed E-state index contributed by atoms with van der Waals surface area (Å²) < 4.78 is 35.7. The number of hydrogen-bond donors (Lipinski definition) is 1. The molecule has 1 rings (SSSR count). The molecule has 1 unspecified atom stereocenters. The highest BCUT2D eigenvalue weighted by atomic mass is 32.1. The zero-order valence-electron chi connectivity index (χ0n) is 9.97. The van der Waals surface area contributed by atoms with Gasteiger partial charge in [-0.1, -0.05) is 6.92 Å². The minimum Gasteiger partial charge on any atom is -0.308 e. The van der Waals surface area contributed by atoms with Gasteiger partial charge < -0.3 is 5.32 Å². The van der Waals surface area contributed by atoms with E-state index in [1.54, 1.807) is 11.3 Å². The Kier molecular flexibility index (Phi) is 5.39. The minimum absolute atomic E-state index is 0.0218. The molecule has 0 fully saturated rings. The molecular weight excluding hydrogens is 249 g/mol. The van der Waals surface area contributed by atoms with Crippen molar-refractivity contribution in [2.24, 2.45) is 0 Å². The third kappa shape index (κ3) is 5.50. The summed E-state index contributed by atoms with van der Waals surface area (Å²) in [5.41, 5.74) is 0. The predicted molar refractivity (Wildman–Crippen MR) is 63.2 cm³/mol. The molecule has 6 heteroatoms. The average molecular weight is 266 g/mol. The van der Waals surface area contributed by atoms with Crippen LogP contribution in [0.15, 0.2) is 6.20 Å². The highest BCUT2D eigenvalue weighted by molar-refractivity contribution is 7.11. The van der Waals surface area contributed by atoms with Gasteiger partial charge in [0.25, 0.3) is 0 Å². The van der Waals surface area contributed by atoms with E-state index in [0.29, 0.717) is 6.54 Å². The van der Waals surface area contributed by atoms with Gasteiger partial charge in [0.1, 0.15) is 5.01 Å². The van der Waals surface area contributed by atoms with Crippen molar-refractivity contribution in [1.29, 1.82) is 0 Å². The lowest BCUT2D eigenvalue weighted by Crippen LogP contribution is -2.21. The number of nitrogens with one attached hydrogen (secondary N) is 1. The van der Waals surface area contributed by atoms with Gasteiger partial charge in [0, 0.05) is 17.5 Å². The van der Waals surface area contributed by atoms with Crippen LogP contribution in [0, 0.1) is 0 Å². The first-order valence-electron chi connectivity index (χ1n) is 5.67. The molecule has 1 aromatic heterocycles. The number of alkyl halides is 3.